The topological polar surface area (TPSA) is 115 Å². The molecule has 7 nitrogen and oxygen atoms in total. The summed E-state index contributed by atoms with van der Waals surface area (Å²) >= 11 is 0.976. The van der Waals surface area contributed by atoms with Gasteiger partial charge in [-0.2, -0.15) is 0 Å². The summed E-state index contributed by atoms with van der Waals surface area (Å²) in [4.78, 5) is 35.2. The molecule has 0 unspecified atom stereocenters. The van der Waals surface area contributed by atoms with Crippen LogP contribution in [0.2, 0.25) is 0 Å². The van der Waals surface area contributed by atoms with Crippen molar-refractivity contribution in [1.29, 1.82) is 0 Å². The molecule has 146 valence electrons. The average Bonchev–Trinajstić information content (AvgIpc) is 2.70. The lowest BCUT2D eigenvalue weighted by molar-refractivity contribution is -0.384. The number of primary amides is 1. The maximum atomic E-state index is 14.0. The van der Waals surface area contributed by atoms with Gasteiger partial charge >= 0.3 is 0 Å². The fourth-order valence-corrected chi connectivity index (χ4v) is 3.44. The lowest BCUT2D eigenvalue weighted by Crippen LogP contribution is -2.15. The first-order valence-corrected chi connectivity index (χ1v) is 9.09. The molecule has 0 bridgehead atoms. The molecule has 3 rings (SSSR count). The fraction of sp³-hybridized carbons (Fsp3) is 0. The van der Waals surface area contributed by atoms with Gasteiger partial charge in [-0.05, 0) is 36.4 Å². The van der Waals surface area contributed by atoms with Crippen LogP contribution in [-0.2, 0) is 0 Å². The van der Waals surface area contributed by atoms with Crippen LogP contribution in [0.5, 0.6) is 0 Å². The van der Waals surface area contributed by atoms with Crippen molar-refractivity contribution in [3.63, 3.8) is 0 Å². The van der Waals surface area contributed by atoms with Crippen molar-refractivity contribution in [1.82, 2.24) is 0 Å². The Morgan fingerprint density at radius 1 is 1.00 bits per heavy atom. The third kappa shape index (κ3) is 4.77. The van der Waals surface area contributed by atoms with Gasteiger partial charge in [0.1, 0.15) is 5.82 Å². The molecule has 9 heteroatoms. The highest BCUT2D eigenvalue weighted by molar-refractivity contribution is 7.99. The monoisotopic (exact) mass is 411 g/mol. The SMILES string of the molecule is NC(=O)c1cccc(NC(=O)c2cc([N+](=O)[O-])ccc2Sc2ccccc2F)c1. The normalized spacial score (nSPS) is 10.4. The first-order valence-electron chi connectivity index (χ1n) is 8.27. The Labute approximate surface area is 168 Å². The van der Waals surface area contributed by atoms with E-state index in [2.05, 4.69) is 5.32 Å². The number of amides is 2. The molecular formula is C20H14FN3O4S. The number of nitrogens with one attached hydrogen (secondary N) is 1. The lowest BCUT2D eigenvalue weighted by Gasteiger charge is -2.11. The standard InChI is InChI=1S/C20H14FN3O4S/c21-16-6-1-2-7-18(16)29-17-9-8-14(24(27)28)11-15(17)20(26)23-13-5-3-4-12(10-13)19(22)25/h1-11H,(H2,22,25)(H,23,26). The summed E-state index contributed by atoms with van der Waals surface area (Å²) in [7, 11) is 0. The predicted octanol–water partition coefficient (Wildman–Crippen LogP) is 4.24. The second-order valence-corrected chi connectivity index (χ2v) is 6.95. The molecule has 0 aromatic heterocycles. The van der Waals surface area contributed by atoms with E-state index in [1.54, 1.807) is 18.2 Å². The molecule has 3 aromatic rings. The number of nitrogens with zero attached hydrogens (tertiary/aromatic N) is 1. The van der Waals surface area contributed by atoms with Crippen molar-refractivity contribution in [2.45, 2.75) is 9.79 Å². The quantitative estimate of drug-likeness (QED) is 0.465. The van der Waals surface area contributed by atoms with Gasteiger partial charge in [-0.3, -0.25) is 19.7 Å². The molecule has 0 fully saturated rings. The number of non-ortho nitro benzene ring substituents is 1. The third-order valence-corrected chi connectivity index (χ3v) is 5.01. The first-order chi connectivity index (χ1) is 13.8. The zero-order valence-corrected chi connectivity index (χ0v) is 15.6. The van der Waals surface area contributed by atoms with Crippen molar-refractivity contribution < 1.29 is 18.9 Å². The number of nitro benzene ring substituents is 1. The molecule has 29 heavy (non-hydrogen) atoms. The van der Waals surface area contributed by atoms with Crippen LogP contribution in [0.4, 0.5) is 15.8 Å². The number of benzene rings is 3. The molecule has 0 heterocycles. The number of nitrogens with two attached hydrogens (primary N) is 1. The van der Waals surface area contributed by atoms with Crippen molar-refractivity contribution in [2.24, 2.45) is 5.73 Å². The van der Waals surface area contributed by atoms with Crippen LogP contribution in [0.25, 0.3) is 0 Å². The minimum Gasteiger partial charge on any atom is -0.366 e. The van der Waals surface area contributed by atoms with Crippen LogP contribution in [0.1, 0.15) is 20.7 Å². The van der Waals surface area contributed by atoms with E-state index in [0.29, 0.717) is 10.6 Å². The summed E-state index contributed by atoms with van der Waals surface area (Å²) in [6, 6.07) is 15.7. The van der Waals surface area contributed by atoms with Gasteiger partial charge < -0.3 is 11.1 Å². The highest BCUT2D eigenvalue weighted by atomic mass is 32.2. The van der Waals surface area contributed by atoms with Crippen LogP contribution in [0, 0.1) is 15.9 Å². The first kappa shape index (κ1) is 20.0. The molecule has 2 amide bonds. The molecule has 0 radical (unpaired) electrons. The molecule has 3 N–H and O–H groups in total. The van der Waals surface area contributed by atoms with Crippen molar-refractivity contribution in [3.05, 3.63) is 93.8 Å². The summed E-state index contributed by atoms with van der Waals surface area (Å²) in [6.07, 6.45) is 0. The van der Waals surface area contributed by atoms with Crippen LogP contribution in [-0.4, -0.2) is 16.7 Å². The predicted molar refractivity (Wildman–Crippen MR) is 107 cm³/mol. The zero-order valence-electron chi connectivity index (χ0n) is 14.8. The van der Waals surface area contributed by atoms with Crippen molar-refractivity contribution >= 4 is 35.0 Å². The summed E-state index contributed by atoms with van der Waals surface area (Å²) in [6.45, 7) is 0. The summed E-state index contributed by atoms with van der Waals surface area (Å²) in [5, 5.41) is 13.7. The number of rotatable bonds is 6. The van der Waals surface area contributed by atoms with E-state index in [-0.39, 0.29) is 21.7 Å². The number of carbonyl (C=O) groups is 2. The van der Waals surface area contributed by atoms with Crippen molar-refractivity contribution in [2.75, 3.05) is 5.32 Å². The Morgan fingerprint density at radius 3 is 2.45 bits per heavy atom. The fourth-order valence-electron chi connectivity index (χ4n) is 2.49. The van der Waals surface area contributed by atoms with Gasteiger partial charge in [0, 0.05) is 33.2 Å². The van der Waals surface area contributed by atoms with Crippen LogP contribution in [0.15, 0.2) is 76.5 Å². The molecule has 0 aliphatic heterocycles. The van der Waals surface area contributed by atoms with Crippen LogP contribution >= 0.6 is 11.8 Å². The number of hydrogen-bond acceptors (Lipinski definition) is 5. The molecule has 3 aromatic carbocycles. The molecule has 0 aliphatic carbocycles. The van der Waals surface area contributed by atoms with E-state index in [4.69, 9.17) is 5.73 Å². The van der Waals surface area contributed by atoms with Crippen molar-refractivity contribution in [3.8, 4) is 0 Å². The van der Waals surface area contributed by atoms with Gasteiger partial charge in [-0.1, -0.05) is 30.0 Å². The lowest BCUT2D eigenvalue weighted by atomic mass is 10.1. The van der Waals surface area contributed by atoms with Gasteiger partial charge in [0.15, 0.2) is 0 Å². The molecule has 0 saturated heterocycles. The number of nitro groups is 1. The van der Waals surface area contributed by atoms with E-state index in [1.807, 2.05) is 0 Å². The Bertz CT molecular complexity index is 1120. The zero-order chi connectivity index (χ0) is 21.0. The number of carbonyl (C=O) groups excluding carboxylic acids is 2. The van der Waals surface area contributed by atoms with E-state index in [0.717, 1.165) is 17.8 Å². The second-order valence-electron chi connectivity index (χ2n) is 5.87. The number of anilines is 1. The minimum atomic E-state index is -0.660. The van der Waals surface area contributed by atoms with Gasteiger partial charge in [-0.15, -0.1) is 0 Å². The van der Waals surface area contributed by atoms with Gasteiger partial charge in [0.2, 0.25) is 5.91 Å². The molecule has 0 atom stereocenters. The smallest absolute Gasteiger partial charge is 0.270 e. The molecule has 0 spiro atoms. The van der Waals surface area contributed by atoms with Crippen LogP contribution in [0.3, 0.4) is 0 Å². The molecule has 0 saturated carbocycles. The van der Waals surface area contributed by atoms with Gasteiger partial charge in [0.25, 0.3) is 11.6 Å². The molecule has 0 aliphatic rings. The Balaban J connectivity index is 1.97. The summed E-state index contributed by atoms with van der Waals surface area (Å²) < 4.78 is 14.0. The number of hydrogen-bond donors (Lipinski definition) is 2. The van der Waals surface area contributed by atoms with E-state index < -0.39 is 22.6 Å². The summed E-state index contributed by atoms with van der Waals surface area (Å²) in [5.74, 6) is -1.78. The highest BCUT2D eigenvalue weighted by Crippen LogP contribution is 2.34. The second kappa shape index (κ2) is 8.53. The molecular weight excluding hydrogens is 397 g/mol. The van der Waals surface area contributed by atoms with E-state index in [9.17, 15) is 24.1 Å². The van der Waals surface area contributed by atoms with Gasteiger partial charge in [0.05, 0.1) is 10.5 Å². The maximum absolute atomic E-state index is 14.0. The van der Waals surface area contributed by atoms with Crippen LogP contribution < -0.4 is 11.1 Å². The largest absolute Gasteiger partial charge is 0.366 e. The Hall–Kier alpha value is -3.72. The Morgan fingerprint density at radius 2 is 1.76 bits per heavy atom. The Kier molecular flexibility index (Phi) is 5.89. The maximum Gasteiger partial charge on any atom is 0.270 e. The van der Waals surface area contributed by atoms with Gasteiger partial charge in [-0.25, -0.2) is 4.39 Å². The van der Waals surface area contributed by atoms with E-state index in [1.165, 1.54) is 42.5 Å². The minimum absolute atomic E-state index is 0.00284. The summed E-state index contributed by atoms with van der Waals surface area (Å²) in [5.41, 5.74) is 5.44. The number of halogens is 1. The average molecular weight is 411 g/mol. The third-order valence-electron chi connectivity index (χ3n) is 3.88. The highest BCUT2D eigenvalue weighted by Gasteiger charge is 2.19. The van der Waals surface area contributed by atoms with E-state index >= 15 is 0 Å².